The van der Waals surface area contributed by atoms with Gasteiger partial charge in [-0.25, -0.2) is 8.42 Å². The molecule has 2 aromatic carbocycles. The maximum absolute atomic E-state index is 13.6. The molecule has 1 amide bonds. The van der Waals surface area contributed by atoms with Crippen molar-refractivity contribution in [2.45, 2.75) is 93.1 Å². The van der Waals surface area contributed by atoms with Crippen molar-refractivity contribution in [3.63, 3.8) is 0 Å². The van der Waals surface area contributed by atoms with Crippen molar-refractivity contribution in [1.82, 2.24) is 5.32 Å². The first-order valence-corrected chi connectivity index (χ1v) is 16.7. The van der Waals surface area contributed by atoms with Crippen molar-refractivity contribution in [1.29, 1.82) is 0 Å². The number of carboxylic acid groups (broad SMARTS) is 1. The quantitative estimate of drug-likeness (QED) is 0.312. The van der Waals surface area contributed by atoms with E-state index in [2.05, 4.69) is 5.32 Å². The standard InChI is InChI=1S/C31H37Cl2NO5S/c1-2-31(18-29(35)36)17-26(20-6-5-7-22(33)14-20)27(34-30(31)37)15-24(19-10-12-21(32)13-11-19)25-16-28(25)40(38,39)23-8-3-4-9-23/h5-7,10-14,23-28H,2-4,8-9,15-18H2,1H3,(H,34,37)(H,35,36)/t24-,25?,26-,27+,28?,31+/m1/s1. The molecule has 0 aromatic heterocycles. The second-order valence-electron chi connectivity index (χ2n) is 12.0. The van der Waals surface area contributed by atoms with Gasteiger partial charge in [-0.05, 0) is 85.8 Å². The number of aliphatic carboxylic acids is 1. The number of piperidine rings is 1. The SMILES string of the molecule is CC[C@@]1(CC(=O)O)C[C@H](c2cccc(Cl)c2)[C@H](C[C@H](c2ccc(Cl)cc2)C2CC2S(=O)(=O)C2CCCC2)NC1=O. The summed E-state index contributed by atoms with van der Waals surface area (Å²) in [6.07, 6.45) is 5.12. The van der Waals surface area contributed by atoms with E-state index in [1.807, 2.05) is 49.4 Å². The van der Waals surface area contributed by atoms with E-state index in [0.717, 1.165) is 36.8 Å². The highest BCUT2D eigenvalue weighted by Gasteiger charge is 2.55. The first kappa shape index (κ1) is 29.4. The molecular formula is C31H37Cl2NO5S. The number of hydrogen-bond acceptors (Lipinski definition) is 4. The third-order valence-corrected chi connectivity index (χ3v) is 12.9. The van der Waals surface area contributed by atoms with E-state index in [1.165, 1.54) is 0 Å². The first-order chi connectivity index (χ1) is 19.0. The molecule has 2 saturated carbocycles. The molecule has 40 heavy (non-hydrogen) atoms. The number of nitrogens with one attached hydrogen (secondary N) is 1. The minimum Gasteiger partial charge on any atom is -0.481 e. The summed E-state index contributed by atoms with van der Waals surface area (Å²) in [5, 5.41) is 13.4. The highest BCUT2D eigenvalue weighted by molar-refractivity contribution is 7.93. The van der Waals surface area contributed by atoms with Gasteiger partial charge in [-0.1, -0.05) is 67.2 Å². The van der Waals surface area contributed by atoms with Crippen molar-refractivity contribution >= 4 is 44.9 Å². The predicted octanol–water partition coefficient (Wildman–Crippen LogP) is 6.76. The topological polar surface area (TPSA) is 101 Å². The van der Waals surface area contributed by atoms with Crippen LogP contribution in [0.1, 0.15) is 87.7 Å². The number of benzene rings is 2. The number of carbonyl (C=O) groups is 2. The third kappa shape index (κ3) is 5.93. The number of carboxylic acids is 1. The van der Waals surface area contributed by atoms with Crippen molar-refractivity contribution in [3.8, 4) is 0 Å². The lowest BCUT2D eigenvalue weighted by Crippen LogP contribution is -2.55. The van der Waals surface area contributed by atoms with Gasteiger partial charge in [0.05, 0.1) is 22.3 Å². The Labute approximate surface area is 246 Å². The van der Waals surface area contributed by atoms with Crippen LogP contribution in [0.15, 0.2) is 48.5 Å². The van der Waals surface area contributed by atoms with Gasteiger partial charge in [0, 0.05) is 22.0 Å². The van der Waals surface area contributed by atoms with Crippen LogP contribution in [0, 0.1) is 11.3 Å². The van der Waals surface area contributed by atoms with Gasteiger partial charge in [0.2, 0.25) is 5.91 Å². The van der Waals surface area contributed by atoms with E-state index in [-0.39, 0.29) is 46.6 Å². The molecule has 2 unspecified atom stereocenters. The maximum Gasteiger partial charge on any atom is 0.304 e. The summed E-state index contributed by atoms with van der Waals surface area (Å²) in [5.41, 5.74) is 0.927. The fourth-order valence-corrected chi connectivity index (χ4v) is 10.2. The van der Waals surface area contributed by atoms with E-state index in [4.69, 9.17) is 23.2 Å². The smallest absolute Gasteiger partial charge is 0.304 e. The summed E-state index contributed by atoms with van der Waals surface area (Å²) in [7, 11) is -3.23. The highest BCUT2D eigenvalue weighted by atomic mass is 35.5. The van der Waals surface area contributed by atoms with Gasteiger partial charge in [-0.3, -0.25) is 9.59 Å². The molecule has 0 radical (unpaired) electrons. The molecule has 216 valence electrons. The van der Waals surface area contributed by atoms with Gasteiger partial charge in [0.1, 0.15) is 0 Å². The van der Waals surface area contributed by atoms with Crippen LogP contribution < -0.4 is 5.32 Å². The molecule has 2 aliphatic carbocycles. The summed E-state index contributed by atoms with van der Waals surface area (Å²) in [4.78, 5) is 25.4. The molecule has 1 aliphatic heterocycles. The summed E-state index contributed by atoms with van der Waals surface area (Å²) < 4.78 is 27.1. The molecule has 2 aromatic rings. The molecule has 3 aliphatic rings. The zero-order chi connectivity index (χ0) is 28.7. The minimum absolute atomic E-state index is 0.0411. The molecular weight excluding hydrogens is 569 g/mol. The molecule has 0 spiro atoms. The Kier molecular flexibility index (Phi) is 8.57. The minimum atomic E-state index is -3.23. The van der Waals surface area contributed by atoms with Crippen LogP contribution in [0.25, 0.3) is 0 Å². The lowest BCUT2D eigenvalue weighted by atomic mass is 9.66. The Bertz CT molecular complexity index is 1360. The lowest BCUT2D eigenvalue weighted by molar-refractivity contribution is -0.148. The van der Waals surface area contributed by atoms with Crippen LogP contribution >= 0.6 is 23.2 Å². The Hall–Kier alpha value is -2.09. The van der Waals surface area contributed by atoms with Gasteiger partial charge in [-0.15, -0.1) is 0 Å². The average molecular weight is 607 g/mol. The molecule has 6 atom stereocenters. The Morgan fingerprint density at radius 1 is 1.10 bits per heavy atom. The molecule has 6 nitrogen and oxygen atoms in total. The number of hydrogen-bond donors (Lipinski definition) is 2. The second kappa shape index (κ2) is 11.7. The number of sulfone groups is 1. The number of halogens is 2. The Morgan fingerprint density at radius 3 is 2.42 bits per heavy atom. The van der Waals surface area contributed by atoms with E-state index in [1.54, 1.807) is 6.07 Å². The van der Waals surface area contributed by atoms with E-state index < -0.39 is 21.2 Å². The van der Waals surface area contributed by atoms with Crippen LogP contribution in [0.2, 0.25) is 10.0 Å². The van der Waals surface area contributed by atoms with Gasteiger partial charge in [0.15, 0.2) is 9.84 Å². The van der Waals surface area contributed by atoms with E-state index in [9.17, 15) is 23.1 Å². The van der Waals surface area contributed by atoms with Crippen LogP contribution in [0.4, 0.5) is 0 Å². The average Bonchev–Trinajstić information content (AvgIpc) is 3.52. The fraction of sp³-hybridized carbons (Fsp3) is 0.548. The monoisotopic (exact) mass is 605 g/mol. The van der Waals surface area contributed by atoms with Crippen molar-refractivity contribution in [2.24, 2.45) is 11.3 Å². The largest absolute Gasteiger partial charge is 0.481 e. The molecule has 9 heteroatoms. The molecule has 1 saturated heterocycles. The Balaban J connectivity index is 1.49. The summed E-state index contributed by atoms with van der Waals surface area (Å²) >= 11 is 12.6. The number of rotatable bonds is 10. The number of amides is 1. The Morgan fingerprint density at radius 2 is 1.80 bits per heavy atom. The predicted molar refractivity (Wildman–Crippen MR) is 158 cm³/mol. The first-order valence-electron chi connectivity index (χ1n) is 14.3. The molecule has 1 heterocycles. The molecule has 5 rings (SSSR count). The van der Waals surface area contributed by atoms with Crippen molar-refractivity contribution in [2.75, 3.05) is 0 Å². The third-order valence-electron chi connectivity index (χ3n) is 9.63. The lowest BCUT2D eigenvalue weighted by Gasteiger charge is -2.44. The van der Waals surface area contributed by atoms with Crippen molar-refractivity contribution in [3.05, 3.63) is 69.7 Å². The van der Waals surface area contributed by atoms with Gasteiger partial charge in [-0.2, -0.15) is 0 Å². The zero-order valence-corrected chi connectivity index (χ0v) is 25.0. The molecule has 3 fully saturated rings. The van der Waals surface area contributed by atoms with Crippen LogP contribution in [0.3, 0.4) is 0 Å². The van der Waals surface area contributed by atoms with E-state index in [0.29, 0.717) is 35.7 Å². The zero-order valence-electron chi connectivity index (χ0n) is 22.7. The van der Waals surface area contributed by atoms with Crippen molar-refractivity contribution < 1.29 is 23.1 Å². The van der Waals surface area contributed by atoms with Crippen LogP contribution in [-0.2, 0) is 19.4 Å². The second-order valence-corrected chi connectivity index (χ2v) is 15.3. The van der Waals surface area contributed by atoms with E-state index >= 15 is 0 Å². The summed E-state index contributed by atoms with van der Waals surface area (Å²) in [5.74, 6) is -1.56. The van der Waals surface area contributed by atoms with Crippen LogP contribution in [-0.4, -0.2) is 41.9 Å². The van der Waals surface area contributed by atoms with Gasteiger partial charge >= 0.3 is 5.97 Å². The summed E-state index contributed by atoms with van der Waals surface area (Å²) in [6.45, 7) is 1.86. The number of carbonyl (C=O) groups excluding carboxylic acids is 1. The normalized spacial score (nSPS) is 29.6. The highest BCUT2D eigenvalue weighted by Crippen LogP contribution is 2.53. The fourth-order valence-electron chi connectivity index (χ4n) is 7.26. The summed E-state index contributed by atoms with van der Waals surface area (Å²) in [6, 6.07) is 14.8. The molecule has 0 bridgehead atoms. The maximum atomic E-state index is 13.6. The van der Waals surface area contributed by atoms with Gasteiger partial charge in [0.25, 0.3) is 0 Å². The van der Waals surface area contributed by atoms with Gasteiger partial charge < -0.3 is 10.4 Å². The molecule has 2 N–H and O–H groups in total. The van der Waals surface area contributed by atoms with Crippen LogP contribution in [0.5, 0.6) is 0 Å².